The van der Waals surface area contributed by atoms with Gasteiger partial charge in [0, 0.05) is 7.05 Å². The van der Waals surface area contributed by atoms with Gasteiger partial charge in [0.15, 0.2) is 0 Å². The third-order valence-electron chi connectivity index (χ3n) is 2.13. The summed E-state index contributed by atoms with van der Waals surface area (Å²) in [4.78, 5) is 23.5. The fraction of sp³-hybridized carbons (Fsp3) is 0.250. The number of hydrogen-bond acceptors (Lipinski definition) is 4. The molecule has 2 N–H and O–H groups in total. The van der Waals surface area contributed by atoms with Gasteiger partial charge in [0.2, 0.25) is 6.29 Å². The highest BCUT2D eigenvalue weighted by molar-refractivity contribution is 6.15. The minimum atomic E-state index is -0.430. The molecule has 0 spiro atoms. The zero-order valence-electron chi connectivity index (χ0n) is 10.3. The predicted octanol–water partition coefficient (Wildman–Crippen LogP) is 0.865. The van der Waals surface area contributed by atoms with E-state index in [4.69, 9.17) is 0 Å². The van der Waals surface area contributed by atoms with E-state index in [-0.39, 0.29) is 6.54 Å². The van der Waals surface area contributed by atoms with Crippen LogP contribution in [0.3, 0.4) is 0 Å². The van der Waals surface area contributed by atoms with E-state index in [0.717, 1.165) is 0 Å². The van der Waals surface area contributed by atoms with Crippen LogP contribution in [0.2, 0.25) is 0 Å². The molecule has 0 atom stereocenters. The maximum atomic E-state index is 11.9. The van der Waals surface area contributed by atoms with Crippen molar-refractivity contribution in [3.05, 3.63) is 30.3 Å². The molecule has 0 saturated carbocycles. The van der Waals surface area contributed by atoms with E-state index in [1.807, 2.05) is 18.2 Å². The number of hydrazone groups is 1. The molecule has 1 rings (SSSR count). The highest BCUT2D eigenvalue weighted by Gasteiger charge is 2.18. The number of benzene rings is 1. The van der Waals surface area contributed by atoms with Crippen molar-refractivity contribution in [2.45, 2.75) is 6.92 Å². The monoisotopic (exact) mass is 247 g/mol. The molecular weight excluding hydrogens is 232 g/mol. The summed E-state index contributed by atoms with van der Waals surface area (Å²) in [7, 11) is 1.64. The van der Waals surface area contributed by atoms with Crippen molar-refractivity contribution in [1.29, 1.82) is 0 Å². The van der Waals surface area contributed by atoms with E-state index >= 15 is 0 Å². The van der Waals surface area contributed by atoms with Crippen LogP contribution in [-0.4, -0.2) is 31.7 Å². The van der Waals surface area contributed by atoms with Crippen LogP contribution in [0.15, 0.2) is 35.4 Å². The number of hydrogen-bond donors (Lipinski definition) is 2. The number of nitrogens with zero attached hydrogens (tertiary/aromatic N) is 2. The highest BCUT2D eigenvalue weighted by Crippen LogP contribution is 2.14. The van der Waals surface area contributed by atoms with Crippen molar-refractivity contribution in [1.82, 2.24) is 10.7 Å². The van der Waals surface area contributed by atoms with E-state index in [1.165, 1.54) is 4.90 Å². The lowest BCUT2D eigenvalue weighted by Gasteiger charge is -2.21. The molecule has 1 aromatic carbocycles. The molecule has 0 fully saturated rings. The van der Waals surface area contributed by atoms with Crippen LogP contribution in [0, 0.1) is 0 Å². The summed E-state index contributed by atoms with van der Waals surface area (Å²) in [5, 5.41) is 6.39. The van der Waals surface area contributed by atoms with Gasteiger partial charge < -0.3 is 10.7 Å². The standard InChI is InChI=1S/C12H15N4O2/c1-10(15-13-2)16(12(18)14-8-9-17)11-6-4-3-5-7-11/h3-7,13H,8H2,1-2H3,(H,14,18)/b15-10+. The average molecular weight is 247 g/mol. The molecule has 18 heavy (non-hydrogen) atoms. The summed E-state index contributed by atoms with van der Waals surface area (Å²) in [6.07, 6.45) is 1.61. The number of urea groups is 1. The lowest BCUT2D eigenvalue weighted by Crippen LogP contribution is -2.44. The van der Waals surface area contributed by atoms with Gasteiger partial charge in [-0.2, -0.15) is 5.10 Å². The molecule has 6 nitrogen and oxygen atoms in total. The Hall–Kier alpha value is -2.37. The molecule has 1 aromatic rings. The number of carbonyl (C=O) groups excluding carboxylic acids is 2. The summed E-state index contributed by atoms with van der Waals surface area (Å²) in [5.41, 5.74) is 3.28. The zero-order chi connectivity index (χ0) is 13.4. The first-order valence-corrected chi connectivity index (χ1v) is 5.39. The molecule has 2 amide bonds. The van der Waals surface area contributed by atoms with E-state index in [2.05, 4.69) is 15.8 Å². The zero-order valence-corrected chi connectivity index (χ0v) is 10.3. The molecule has 95 valence electrons. The predicted molar refractivity (Wildman–Crippen MR) is 70.2 cm³/mol. The third-order valence-corrected chi connectivity index (χ3v) is 2.13. The number of nitrogens with one attached hydrogen (secondary N) is 2. The van der Waals surface area contributed by atoms with E-state index in [9.17, 15) is 9.59 Å². The first kappa shape index (κ1) is 13.7. The topological polar surface area (TPSA) is 73.8 Å². The normalized spacial score (nSPS) is 10.7. The van der Waals surface area contributed by atoms with Crippen molar-refractivity contribution >= 4 is 23.8 Å². The molecule has 0 unspecified atom stereocenters. The first-order chi connectivity index (χ1) is 8.70. The van der Waals surface area contributed by atoms with Gasteiger partial charge >= 0.3 is 6.03 Å². The molecule has 1 radical (unpaired) electrons. The average Bonchev–Trinajstić information content (AvgIpc) is 2.38. The molecule has 0 heterocycles. The van der Waals surface area contributed by atoms with Crippen LogP contribution in [-0.2, 0) is 4.79 Å². The van der Waals surface area contributed by atoms with Crippen LogP contribution < -0.4 is 15.6 Å². The molecule has 0 saturated heterocycles. The number of amidine groups is 1. The minimum absolute atomic E-state index is 0.158. The van der Waals surface area contributed by atoms with Gasteiger partial charge in [-0.3, -0.25) is 4.79 Å². The van der Waals surface area contributed by atoms with E-state index < -0.39 is 6.03 Å². The Morgan fingerprint density at radius 3 is 2.61 bits per heavy atom. The molecule has 0 bridgehead atoms. The molecule has 6 heteroatoms. The molecule has 0 aliphatic carbocycles. The molecule has 0 aromatic heterocycles. The third kappa shape index (κ3) is 3.58. The number of para-hydroxylation sites is 1. The SMILES string of the molecule is CN/N=C(\C)N(C(=O)NC[C]=O)c1ccccc1. The van der Waals surface area contributed by atoms with Crippen molar-refractivity contribution in [3.8, 4) is 0 Å². The Morgan fingerprint density at radius 2 is 2.06 bits per heavy atom. The number of anilines is 1. The van der Waals surface area contributed by atoms with E-state index in [0.29, 0.717) is 11.5 Å². The van der Waals surface area contributed by atoms with Crippen LogP contribution in [0.25, 0.3) is 0 Å². The number of rotatable bonds is 4. The quantitative estimate of drug-likeness (QED) is 0.471. The minimum Gasteiger partial charge on any atom is -0.330 e. The lowest BCUT2D eigenvalue weighted by molar-refractivity contribution is 0.250. The Balaban J connectivity index is 2.99. The van der Waals surface area contributed by atoms with Crippen molar-refractivity contribution in [2.24, 2.45) is 5.10 Å². The van der Waals surface area contributed by atoms with E-state index in [1.54, 1.807) is 32.4 Å². The summed E-state index contributed by atoms with van der Waals surface area (Å²) in [6.45, 7) is 1.53. The maximum Gasteiger partial charge on any atom is 0.327 e. The summed E-state index contributed by atoms with van der Waals surface area (Å²) >= 11 is 0. The number of amides is 2. The van der Waals surface area contributed by atoms with Crippen LogP contribution >= 0.6 is 0 Å². The van der Waals surface area contributed by atoms with Crippen LogP contribution in [0.4, 0.5) is 10.5 Å². The molecule has 0 aliphatic rings. The highest BCUT2D eigenvalue weighted by atomic mass is 16.2. The van der Waals surface area contributed by atoms with Gasteiger partial charge in [0.25, 0.3) is 0 Å². The van der Waals surface area contributed by atoms with Gasteiger partial charge in [0.1, 0.15) is 5.84 Å². The fourth-order valence-corrected chi connectivity index (χ4v) is 1.43. The smallest absolute Gasteiger partial charge is 0.327 e. The van der Waals surface area contributed by atoms with Crippen molar-refractivity contribution in [3.63, 3.8) is 0 Å². The van der Waals surface area contributed by atoms with Gasteiger partial charge in [-0.1, -0.05) is 18.2 Å². The second-order valence-electron chi connectivity index (χ2n) is 3.36. The number of carbonyl (C=O) groups is 1. The van der Waals surface area contributed by atoms with Crippen molar-refractivity contribution in [2.75, 3.05) is 18.5 Å². The van der Waals surface area contributed by atoms with Gasteiger partial charge in [-0.15, -0.1) is 0 Å². The lowest BCUT2D eigenvalue weighted by atomic mass is 10.3. The maximum absolute atomic E-state index is 11.9. The molecular formula is C12H15N4O2. The largest absolute Gasteiger partial charge is 0.330 e. The Bertz CT molecular complexity index is 431. The van der Waals surface area contributed by atoms with Gasteiger partial charge in [0.05, 0.1) is 12.2 Å². The molecule has 0 aliphatic heterocycles. The van der Waals surface area contributed by atoms with Crippen LogP contribution in [0.5, 0.6) is 0 Å². The summed E-state index contributed by atoms with van der Waals surface area (Å²) in [6, 6.07) is 8.60. The van der Waals surface area contributed by atoms with Crippen LogP contribution in [0.1, 0.15) is 6.92 Å². The second kappa shape index (κ2) is 7.05. The fourth-order valence-electron chi connectivity index (χ4n) is 1.43. The van der Waals surface area contributed by atoms with Gasteiger partial charge in [-0.25, -0.2) is 9.69 Å². The summed E-state index contributed by atoms with van der Waals surface area (Å²) < 4.78 is 0. The van der Waals surface area contributed by atoms with Gasteiger partial charge in [-0.05, 0) is 19.1 Å². The Labute approximate surface area is 106 Å². The second-order valence-corrected chi connectivity index (χ2v) is 3.36. The van der Waals surface area contributed by atoms with Crippen molar-refractivity contribution < 1.29 is 9.59 Å². The Kier molecular flexibility index (Phi) is 5.37. The first-order valence-electron chi connectivity index (χ1n) is 5.39. The Morgan fingerprint density at radius 1 is 1.39 bits per heavy atom. The summed E-state index contributed by atoms with van der Waals surface area (Å²) in [5.74, 6) is 0.465.